The molecule has 1 amide bonds. The van der Waals surface area contributed by atoms with Crippen LogP contribution in [-0.4, -0.2) is 25.9 Å². The van der Waals surface area contributed by atoms with Crippen molar-refractivity contribution in [1.29, 1.82) is 0 Å². The first kappa shape index (κ1) is 18.3. The van der Waals surface area contributed by atoms with Crippen LogP contribution in [0.25, 0.3) is 5.69 Å². The average Bonchev–Trinajstić information content (AvgIpc) is 3.26. The van der Waals surface area contributed by atoms with Crippen molar-refractivity contribution in [2.75, 3.05) is 5.32 Å². The highest BCUT2D eigenvalue weighted by molar-refractivity contribution is 7.15. The van der Waals surface area contributed by atoms with Crippen LogP contribution < -0.4 is 5.32 Å². The lowest BCUT2D eigenvalue weighted by molar-refractivity contribution is 0.102. The first-order valence-corrected chi connectivity index (χ1v) is 9.79. The minimum absolute atomic E-state index is 0.259. The zero-order valence-electron chi connectivity index (χ0n) is 15.0. The van der Waals surface area contributed by atoms with Gasteiger partial charge < -0.3 is 0 Å². The van der Waals surface area contributed by atoms with Crippen molar-refractivity contribution in [1.82, 2.24) is 20.0 Å². The van der Waals surface area contributed by atoms with Crippen LogP contribution in [0, 0.1) is 6.92 Å². The smallest absolute Gasteiger partial charge is 0.262 e. The van der Waals surface area contributed by atoms with Gasteiger partial charge in [-0.25, -0.2) is 4.68 Å². The molecule has 0 unspecified atom stereocenters. The molecule has 4 aromatic rings. The maximum Gasteiger partial charge on any atom is 0.262 e. The van der Waals surface area contributed by atoms with Gasteiger partial charge in [-0.3, -0.25) is 10.1 Å². The van der Waals surface area contributed by atoms with Crippen molar-refractivity contribution in [2.24, 2.45) is 0 Å². The third kappa shape index (κ3) is 3.81. The molecule has 1 N–H and O–H groups in total. The van der Waals surface area contributed by atoms with Gasteiger partial charge in [0.15, 0.2) is 0 Å². The Morgan fingerprint density at radius 3 is 2.46 bits per heavy atom. The lowest BCUT2D eigenvalue weighted by atomic mass is 10.2. The number of amides is 1. The summed E-state index contributed by atoms with van der Waals surface area (Å²) in [6.07, 6.45) is 0.667. The van der Waals surface area contributed by atoms with Crippen molar-refractivity contribution < 1.29 is 4.79 Å². The first-order chi connectivity index (χ1) is 13.6. The van der Waals surface area contributed by atoms with Crippen LogP contribution >= 0.6 is 22.9 Å². The van der Waals surface area contributed by atoms with E-state index in [0.29, 0.717) is 22.8 Å². The molecule has 6 nitrogen and oxygen atoms in total. The molecule has 0 saturated carbocycles. The molecule has 0 aliphatic rings. The van der Waals surface area contributed by atoms with E-state index in [-0.39, 0.29) is 11.1 Å². The summed E-state index contributed by atoms with van der Waals surface area (Å²) in [5.41, 5.74) is 2.79. The molecule has 140 valence electrons. The molecule has 2 aromatic carbocycles. The van der Waals surface area contributed by atoms with E-state index >= 15 is 0 Å². The Bertz CT molecular complexity index is 1110. The maximum absolute atomic E-state index is 12.8. The van der Waals surface area contributed by atoms with Crippen LogP contribution in [0.3, 0.4) is 0 Å². The fourth-order valence-corrected chi connectivity index (χ4v) is 3.93. The highest BCUT2D eigenvalue weighted by Gasteiger charge is 2.22. The van der Waals surface area contributed by atoms with E-state index in [2.05, 4.69) is 20.6 Å². The van der Waals surface area contributed by atoms with Gasteiger partial charge in [0.05, 0.1) is 11.4 Å². The third-order valence-electron chi connectivity index (χ3n) is 4.12. The number of benzene rings is 2. The van der Waals surface area contributed by atoms with Crippen LogP contribution in [0.2, 0.25) is 5.15 Å². The number of anilines is 1. The van der Waals surface area contributed by atoms with E-state index in [9.17, 15) is 4.79 Å². The van der Waals surface area contributed by atoms with Gasteiger partial charge in [0, 0.05) is 6.42 Å². The lowest BCUT2D eigenvalue weighted by Gasteiger charge is -2.03. The zero-order chi connectivity index (χ0) is 19.5. The molecule has 4 rings (SSSR count). The largest absolute Gasteiger partial charge is 0.296 e. The molecule has 2 aromatic heterocycles. The number of halogens is 1. The second kappa shape index (κ2) is 7.92. The Kier molecular flexibility index (Phi) is 5.18. The predicted molar refractivity (Wildman–Crippen MR) is 110 cm³/mol. The monoisotopic (exact) mass is 409 g/mol. The zero-order valence-corrected chi connectivity index (χ0v) is 16.5. The van der Waals surface area contributed by atoms with E-state index in [1.807, 2.05) is 60.7 Å². The SMILES string of the molecule is Cc1nn(-c2ccccc2)c(Cl)c1C(=O)Nc1nnc(Cc2ccccc2)s1. The first-order valence-electron chi connectivity index (χ1n) is 8.60. The molecule has 0 atom stereocenters. The summed E-state index contributed by atoms with van der Waals surface area (Å²) in [6, 6.07) is 19.4. The van der Waals surface area contributed by atoms with Gasteiger partial charge in [-0.1, -0.05) is 71.5 Å². The van der Waals surface area contributed by atoms with Crippen molar-refractivity contribution in [3.8, 4) is 5.69 Å². The van der Waals surface area contributed by atoms with Crippen LogP contribution in [-0.2, 0) is 6.42 Å². The van der Waals surface area contributed by atoms with Gasteiger partial charge in [0.1, 0.15) is 15.7 Å². The molecule has 0 aliphatic carbocycles. The average molecular weight is 410 g/mol. The lowest BCUT2D eigenvalue weighted by Crippen LogP contribution is -2.13. The van der Waals surface area contributed by atoms with E-state index in [4.69, 9.17) is 11.6 Å². The Balaban J connectivity index is 1.52. The van der Waals surface area contributed by atoms with Crippen LogP contribution in [0.5, 0.6) is 0 Å². The Morgan fingerprint density at radius 1 is 1.07 bits per heavy atom. The fourth-order valence-electron chi connectivity index (χ4n) is 2.80. The molecule has 0 spiro atoms. The number of carbonyl (C=O) groups is 1. The number of hydrogen-bond acceptors (Lipinski definition) is 5. The van der Waals surface area contributed by atoms with Crippen molar-refractivity contribution in [3.05, 3.63) is 87.6 Å². The summed E-state index contributed by atoms with van der Waals surface area (Å²) < 4.78 is 1.55. The van der Waals surface area contributed by atoms with Crippen LogP contribution in [0.4, 0.5) is 5.13 Å². The molecule has 0 aliphatic heterocycles. The maximum atomic E-state index is 12.8. The summed E-state index contributed by atoms with van der Waals surface area (Å²) in [7, 11) is 0. The van der Waals surface area contributed by atoms with Gasteiger partial charge in [0.25, 0.3) is 5.91 Å². The molecule has 0 bridgehead atoms. The third-order valence-corrected chi connectivity index (χ3v) is 5.31. The van der Waals surface area contributed by atoms with Crippen molar-refractivity contribution in [2.45, 2.75) is 13.3 Å². The Morgan fingerprint density at radius 2 is 1.75 bits per heavy atom. The number of carbonyl (C=O) groups excluding carboxylic acids is 1. The number of aromatic nitrogens is 4. The fraction of sp³-hybridized carbons (Fsp3) is 0.100. The molecule has 8 heteroatoms. The summed E-state index contributed by atoms with van der Waals surface area (Å²) >= 11 is 7.79. The molecule has 0 radical (unpaired) electrons. The number of aryl methyl sites for hydroxylation is 1. The van der Waals surface area contributed by atoms with Crippen molar-refractivity contribution >= 4 is 34.0 Å². The van der Waals surface area contributed by atoms with Crippen LogP contribution in [0.15, 0.2) is 60.7 Å². The van der Waals surface area contributed by atoms with Gasteiger partial charge >= 0.3 is 0 Å². The van der Waals surface area contributed by atoms with Gasteiger partial charge in [-0.15, -0.1) is 10.2 Å². The second-order valence-electron chi connectivity index (χ2n) is 6.12. The number of hydrogen-bond donors (Lipinski definition) is 1. The molecule has 0 fully saturated rings. The summed E-state index contributed by atoms with van der Waals surface area (Å²) in [5, 5.41) is 16.9. The summed E-state index contributed by atoms with van der Waals surface area (Å²) in [4.78, 5) is 12.8. The second-order valence-corrected chi connectivity index (χ2v) is 7.54. The highest BCUT2D eigenvalue weighted by Crippen LogP contribution is 2.25. The summed E-state index contributed by atoms with van der Waals surface area (Å²) in [5.74, 6) is -0.355. The van der Waals surface area contributed by atoms with Gasteiger partial charge in [-0.05, 0) is 24.6 Å². The Labute approximate surface area is 170 Å². The van der Waals surface area contributed by atoms with E-state index in [1.165, 1.54) is 11.3 Å². The quantitative estimate of drug-likeness (QED) is 0.525. The van der Waals surface area contributed by atoms with E-state index in [1.54, 1.807) is 11.6 Å². The number of para-hydroxylation sites is 1. The molecular weight excluding hydrogens is 394 g/mol. The van der Waals surface area contributed by atoms with Crippen molar-refractivity contribution in [3.63, 3.8) is 0 Å². The van der Waals surface area contributed by atoms with E-state index in [0.717, 1.165) is 16.3 Å². The molecule has 2 heterocycles. The summed E-state index contributed by atoms with van der Waals surface area (Å²) in [6.45, 7) is 1.75. The standard InChI is InChI=1S/C20H16ClN5OS/c1-13-17(18(21)26(25-13)15-10-6-3-7-11-15)19(27)22-20-24-23-16(28-20)12-14-8-4-2-5-9-14/h2-11H,12H2,1H3,(H,22,24,27). The number of nitrogens with zero attached hydrogens (tertiary/aromatic N) is 4. The number of rotatable bonds is 5. The topological polar surface area (TPSA) is 72.7 Å². The minimum atomic E-state index is -0.355. The Hall–Kier alpha value is -3.03. The highest BCUT2D eigenvalue weighted by atomic mass is 35.5. The molecule has 0 saturated heterocycles. The predicted octanol–water partition coefficient (Wildman–Crippen LogP) is 4.53. The van der Waals surface area contributed by atoms with Gasteiger partial charge in [0.2, 0.25) is 5.13 Å². The normalized spacial score (nSPS) is 10.8. The van der Waals surface area contributed by atoms with Gasteiger partial charge in [-0.2, -0.15) is 5.10 Å². The number of nitrogens with one attached hydrogen (secondary N) is 1. The van der Waals surface area contributed by atoms with E-state index < -0.39 is 0 Å². The molecular formula is C20H16ClN5OS. The van der Waals surface area contributed by atoms with Crippen LogP contribution in [0.1, 0.15) is 26.6 Å². The molecule has 28 heavy (non-hydrogen) atoms. The minimum Gasteiger partial charge on any atom is -0.296 e.